The van der Waals surface area contributed by atoms with E-state index < -0.39 is 17.9 Å². The van der Waals surface area contributed by atoms with Gasteiger partial charge in [0.05, 0.1) is 6.61 Å². The van der Waals surface area contributed by atoms with Gasteiger partial charge >= 0.3 is 12.1 Å². The van der Waals surface area contributed by atoms with Gasteiger partial charge in [-0.05, 0) is 61.0 Å². The Hall–Kier alpha value is -3.32. The summed E-state index contributed by atoms with van der Waals surface area (Å²) in [6.45, 7) is 6.99. The number of rotatable bonds is 12. The van der Waals surface area contributed by atoms with Crippen LogP contribution in [0.4, 0.5) is 20.4 Å². The first-order valence-electron chi connectivity index (χ1n) is 14.6. The van der Waals surface area contributed by atoms with Crippen LogP contribution in [0.15, 0.2) is 24.3 Å². The number of nitrogens with one attached hydrogen (secondary N) is 1. The predicted octanol–water partition coefficient (Wildman–Crippen LogP) is 7.16. The van der Waals surface area contributed by atoms with E-state index in [9.17, 15) is 9.59 Å². The van der Waals surface area contributed by atoms with Crippen molar-refractivity contribution in [3.05, 3.63) is 29.8 Å². The van der Waals surface area contributed by atoms with Crippen molar-refractivity contribution >= 4 is 34.3 Å². The van der Waals surface area contributed by atoms with Gasteiger partial charge in [0.25, 0.3) is 5.19 Å². The number of urea groups is 1. The van der Waals surface area contributed by atoms with Gasteiger partial charge in [0.2, 0.25) is 5.13 Å². The van der Waals surface area contributed by atoms with Gasteiger partial charge in [-0.15, -0.1) is 11.5 Å². The number of ether oxygens (including phenoxy) is 2. The van der Waals surface area contributed by atoms with E-state index in [1.807, 2.05) is 25.1 Å². The molecule has 1 N–H and O–H groups in total. The zero-order valence-corrected chi connectivity index (χ0v) is 24.7. The Morgan fingerprint density at radius 1 is 1.12 bits per heavy atom. The Labute approximate surface area is 241 Å². The highest BCUT2D eigenvalue weighted by Crippen LogP contribution is 2.39. The summed E-state index contributed by atoms with van der Waals surface area (Å²) in [5.41, 5.74) is 1.15. The fourth-order valence-electron chi connectivity index (χ4n) is 5.89. The Bertz CT molecular complexity index is 1180. The first kappa shape index (κ1) is 29.7. The molecule has 2 aliphatic rings. The molecule has 2 aromatic rings. The zero-order valence-electron chi connectivity index (χ0n) is 23.9. The SMILES string of the molecule is C#CC(CCC)(CCC)N1CCC(OC(=O)Nc2ccccc2C2CCCC2)N(c2nnc(OCCC)s2)C1=O. The second-order valence-electron chi connectivity index (χ2n) is 10.5. The van der Waals surface area contributed by atoms with Gasteiger partial charge in [-0.2, -0.15) is 0 Å². The summed E-state index contributed by atoms with van der Waals surface area (Å²) < 4.78 is 11.6. The van der Waals surface area contributed by atoms with Crippen molar-refractivity contribution in [3.63, 3.8) is 0 Å². The summed E-state index contributed by atoms with van der Waals surface area (Å²) in [5.74, 6) is 3.37. The molecule has 2 fully saturated rings. The first-order valence-corrected chi connectivity index (χ1v) is 15.4. The maximum absolute atomic E-state index is 14.1. The third-order valence-electron chi connectivity index (χ3n) is 7.70. The third-order valence-corrected chi connectivity index (χ3v) is 8.54. The number of nitrogens with zero attached hydrogens (tertiary/aromatic N) is 4. The lowest BCUT2D eigenvalue weighted by Gasteiger charge is -2.47. The first-order chi connectivity index (χ1) is 19.5. The normalized spacial score (nSPS) is 18.1. The summed E-state index contributed by atoms with van der Waals surface area (Å²) in [5, 5.41) is 12.0. The van der Waals surface area contributed by atoms with Gasteiger partial charge in [0.15, 0.2) is 6.23 Å². The monoisotopic (exact) mass is 567 g/mol. The number of anilines is 2. The van der Waals surface area contributed by atoms with E-state index in [-0.39, 0.29) is 6.03 Å². The number of hydrogen-bond acceptors (Lipinski definition) is 7. The van der Waals surface area contributed by atoms with Crippen LogP contribution in [0.25, 0.3) is 0 Å². The molecule has 0 spiro atoms. The topological polar surface area (TPSA) is 96.9 Å². The van der Waals surface area contributed by atoms with Crippen LogP contribution in [-0.2, 0) is 4.74 Å². The van der Waals surface area contributed by atoms with Crippen LogP contribution in [-0.4, -0.2) is 52.1 Å². The molecule has 0 radical (unpaired) electrons. The van der Waals surface area contributed by atoms with Crippen LogP contribution in [0.1, 0.15) is 96.5 Å². The molecule has 1 atom stereocenters. The van der Waals surface area contributed by atoms with Gasteiger partial charge in [-0.3, -0.25) is 5.32 Å². The predicted molar refractivity (Wildman–Crippen MR) is 158 cm³/mol. The van der Waals surface area contributed by atoms with Gasteiger partial charge in [0.1, 0.15) is 5.54 Å². The Morgan fingerprint density at radius 3 is 2.52 bits per heavy atom. The summed E-state index contributed by atoms with van der Waals surface area (Å²) >= 11 is 1.15. The number of aromatic nitrogens is 2. The molecule has 9 nitrogen and oxygen atoms in total. The fraction of sp³-hybridized carbons (Fsp3) is 0.600. The molecule has 1 saturated heterocycles. The number of terminal acetylenes is 1. The maximum Gasteiger partial charge on any atom is 0.413 e. The number of para-hydroxylation sites is 1. The van der Waals surface area contributed by atoms with Crippen molar-refractivity contribution in [3.8, 4) is 17.5 Å². The smallest absolute Gasteiger partial charge is 0.413 e. The molecule has 1 aliphatic carbocycles. The van der Waals surface area contributed by atoms with Crippen LogP contribution in [0.5, 0.6) is 5.19 Å². The molecule has 216 valence electrons. The van der Waals surface area contributed by atoms with Gasteiger partial charge in [0, 0.05) is 18.7 Å². The largest absolute Gasteiger partial charge is 0.469 e. The average molecular weight is 568 g/mol. The molecule has 10 heteroatoms. The maximum atomic E-state index is 14.1. The van der Waals surface area contributed by atoms with Crippen molar-refractivity contribution in [2.24, 2.45) is 0 Å². The quantitative estimate of drug-likeness (QED) is 0.273. The van der Waals surface area contributed by atoms with Crippen LogP contribution in [0, 0.1) is 12.3 Å². The zero-order chi connectivity index (χ0) is 28.5. The minimum Gasteiger partial charge on any atom is -0.469 e. The van der Waals surface area contributed by atoms with E-state index in [1.54, 1.807) is 4.90 Å². The van der Waals surface area contributed by atoms with Crippen LogP contribution in [0.3, 0.4) is 0 Å². The second kappa shape index (κ2) is 13.8. The average Bonchev–Trinajstić information content (AvgIpc) is 3.65. The minimum absolute atomic E-state index is 0.309. The fourth-order valence-corrected chi connectivity index (χ4v) is 6.65. The minimum atomic E-state index is -0.868. The molecule has 1 unspecified atom stereocenters. The van der Waals surface area contributed by atoms with Crippen molar-refractivity contribution in [2.75, 3.05) is 23.4 Å². The molecule has 1 aromatic heterocycles. The number of amides is 3. The number of carbonyl (C=O) groups excluding carboxylic acids is 2. The van der Waals surface area contributed by atoms with Crippen LogP contribution < -0.4 is 15.0 Å². The van der Waals surface area contributed by atoms with Gasteiger partial charge in [-0.1, -0.05) is 75.7 Å². The lowest BCUT2D eigenvalue weighted by Crippen LogP contribution is -2.63. The Kier molecular flexibility index (Phi) is 10.3. The van der Waals surface area contributed by atoms with Gasteiger partial charge < -0.3 is 14.4 Å². The number of benzene rings is 1. The van der Waals surface area contributed by atoms with Crippen molar-refractivity contribution in [1.29, 1.82) is 0 Å². The molecule has 1 aromatic carbocycles. The lowest BCUT2D eigenvalue weighted by atomic mass is 9.87. The van der Waals surface area contributed by atoms with Crippen molar-refractivity contribution in [2.45, 2.75) is 103 Å². The number of carbonyl (C=O) groups is 2. The molecule has 2 heterocycles. The molecule has 3 amide bonds. The van der Waals surface area contributed by atoms with E-state index in [0.717, 1.165) is 54.7 Å². The van der Waals surface area contributed by atoms with Gasteiger partial charge in [-0.25, -0.2) is 14.5 Å². The molecule has 4 rings (SSSR count). The summed E-state index contributed by atoms with van der Waals surface area (Å²) in [7, 11) is 0. The van der Waals surface area contributed by atoms with E-state index in [1.165, 1.54) is 17.7 Å². The molecule has 0 bridgehead atoms. The van der Waals surface area contributed by atoms with Crippen molar-refractivity contribution in [1.82, 2.24) is 15.1 Å². The standard InChI is InChI=1S/C30H41N5O4S/c1-5-18-30(8-4,19-6-2)34-20-17-25(35(29(34)37)26-32-33-28(40-26)38-21-7-3)39-27(36)31-24-16-12-11-15-23(24)22-13-9-10-14-22/h4,11-12,15-16,22,25H,5-7,9-10,13-14,17-21H2,1-3H3,(H,31,36). The summed E-state index contributed by atoms with van der Waals surface area (Å²) in [6, 6.07) is 7.54. The highest BCUT2D eigenvalue weighted by atomic mass is 32.1. The molecular formula is C30H41N5O4S. The van der Waals surface area contributed by atoms with E-state index >= 15 is 0 Å². The second-order valence-corrected chi connectivity index (χ2v) is 11.4. The third kappa shape index (κ3) is 6.52. The Morgan fingerprint density at radius 2 is 1.85 bits per heavy atom. The van der Waals surface area contributed by atoms with Crippen LogP contribution in [0.2, 0.25) is 0 Å². The molecule has 1 saturated carbocycles. The summed E-state index contributed by atoms with van der Waals surface area (Å²) in [4.78, 5) is 30.5. The summed E-state index contributed by atoms with van der Waals surface area (Å²) in [6.07, 6.45) is 13.5. The molecule has 1 aliphatic heterocycles. The number of hydrogen-bond donors (Lipinski definition) is 1. The Balaban J connectivity index is 1.59. The highest BCUT2D eigenvalue weighted by Gasteiger charge is 2.46. The molecular weight excluding hydrogens is 526 g/mol. The van der Waals surface area contributed by atoms with Crippen molar-refractivity contribution < 1.29 is 19.1 Å². The van der Waals surface area contributed by atoms with E-state index in [4.69, 9.17) is 15.9 Å². The molecule has 40 heavy (non-hydrogen) atoms. The van der Waals surface area contributed by atoms with E-state index in [2.05, 4.69) is 41.3 Å². The van der Waals surface area contributed by atoms with E-state index in [0.29, 0.717) is 48.7 Å². The highest BCUT2D eigenvalue weighted by molar-refractivity contribution is 7.17. The van der Waals surface area contributed by atoms with Crippen LogP contribution >= 0.6 is 11.3 Å². The lowest BCUT2D eigenvalue weighted by molar-refractivity contribution is 0.0567.